The van der Waals surface area contributed by atoms with Crippen LogP contribution in [0.15, 0.2) is 36.7 Å². The average Bonchev–Trinajstić information content (AvgIpc) is 3.47. The van der Waals surface area contributed by atoms with E-state index in [0.29, 0.717) is 48.1 Å². The van der Waals surface area contributed by atoms with Gasteiger partial charge >= 0.3 is 6.18 Å². The third-order valence-electron chi connectivity index (χ3n) is 7.63. The van der Waals surface area contributed by atoms with Gasteiger partial charge in [-0.15, -0.1) is 11.3 Å². The Morgan fingerprint density at radius 2 is 1.89 bits per heavy atom. The molecule has 0 bridgehead atoms. The number of ether oxygens (including phenoxy) is 1. The summed E-state index contributed by atoms with van der Waals surface area (Å²) in [5.41, 5.74) is 1.87. The lowest BCUT2D eigenvalue weighted by atomic mass is 9.65. The van der Waals surface area contributed by atoms with Gasteiger partial charge in [-0.3, -0.25) is 4.79 Å². The van der Waals surface area contributed by atoms with Crippen molar-refractivity contribution in [3.8, 4) is 0 Å². The number of nitrogens with zero attached hydrogens (tertiary/aromatic N) is 4. The summed E-state index contributed by atoms with van der Waals surface area (Å²) in [5, 5.41) is 4.30. The normalized spacial score (nSPS) is 24.0. The summed E-state index contributed by atoms with van der Waals surface area (Å²) in [7, 11) is 0. The van der Waals surface area contributed by atoms with Crippen LogP contribution in [0.2, 0.25) is 0 Å². The molecule has 1 aromatic carbocycles. The number of aromatic nitrogens is 2. The number of benzene rings is 1. The van der Waals surface area contributed by atoms with Gasteiger partial charge in [-0.2, -0.15) is 13.2 Å². The molecule has 196 valence electrons. The number of nitrogens with one attached hydrogen (secondary N) is 1. The lowest BCUT2D eigenvalue weighted by Gasteiger charge is -2.46. The first-order chi connectivity index (χ1) is 17.8. The van der Waals surface area contributed by atoms with Gasteiger partial charge in [0.25, 0.3) is 5.91 Å². The Labute approximate surface area is 216 Å². The van der Waals surface area contributed by atoms with Crippen LogP contribution in [0.3, 0.4) is 0 Å². The van der Waals surface area contributed by atoms with Crippen LogP contribution in [0.1, 0.15) is 34.5 Å². The third kappa shape index (κ3) is 5.11. The number of alkyl halides is 3. The number of anilines is 2. The minimum absolute atomic E-state index is 0.0403. The van der Waals surface area contributed by atoms with Crippen LogP contribution >= 0.6 is 11.3 Å². The van der Waals surface area contributed by atoms with E-state index in [-0.39, 0.29) is 16.2 Å². The molecule has 0 radical (unpaired) electrons. The Hall–Kier alpha value is -2.92. The monoisotopic (exact) mass is 531 g/mol. The number of hydrogen-bond acceptors (Lipinski definition) is 7. The summed E-state index contributed by atoms with van der Waals surface area (Å²) in [4.78, 5) is 26.2. The van der Waals surface area contributed by atoms with Crippen LogP contribution in [0.5, 0.6) is 0 Å². The molecule has 1 saturated carbocycles. The van der Waals surface area contributed by atoms with Crippen LogP contribution in [-0.2, 0) is 11.2 Å². The molecule has 6 rings (SSSR count). The van der Waals surface area contributed by atoms with E-state index >= 15 is 0 Å². The van der Waals surface area contributed by atoms with Crippen molar-refractivity contribution < 1.29 is 22.7 Å². The van der Waals surface area contributed by atoms with E-state index in [1.807, 2.05) is 29.2 Å². The van der Waals surface area contributed by atoms with Crippen molar-refractivity contribution in [2.45, 2.75) is 37.9 Å². The largest absolute Gasteiger partial charge is 0.393 e. The molecule has 3 aliphatic rings. The predicted octanol–water partition coefficient (Wildman–Crippen LogP) is 4.74. The first-order valence-corrected chi connectivity index (χ1v) is 13.4. The molecule has 3 aromatic rings. The van der Waals surface area contributed by atoms with Crippen LogP contribution in [0.25, 0.3) is 10.2 Å². The highest BCUT2D eigenvalue weighted by Gasteiger charge is 2.49. The van der Waals surface area contributed by atoms with Gasteiger partial charge < -0.3 is 19.9 Å². The van der Waals surface area contributed by atoms with E-state index in [1.165, 1.54) is 6.33 Å². The topological polar surface area (TPSA) is 70.6 Å². The summed E-state index contributed by atoms with van der Waals surface area (Å²) >= 11 is 1.09. The first-order valence-electron chi connectivity index (χ1n) is 12.6. The minimum atomic E-state index is -4.24. The number of carbonyl (C=O) groups excluding carboxylic acids is 1. The van der Waals surface area contributed by atoms with Crippen LogP contribution in [0, 0.1) is 5.41 Å². The quantitative estimate of drug-likeness (QED) is 0.513. The number of hydrogen-bond donors (Lipinski definition) is 1. The first kappa shape index (κ1) is 24.4. The molecule has 11 heteroatoms. The fraction of sp³-hybridized carbons (Fsp3) is 0.500. The number of halogens is 3. The zero-order valence-electron chi connectivity index (χ0n) is 20.3. The van der Waals surface area contributed by atoms with Crippen LogP contribution in [-0.4, -0.2) is 72.4 Å². The minimum Gasteiger partial charge on any atom is -0.382 e. The number of amides is 1. The van der Waals surface area contributed by atoms with E-state index in [0.717, 1.165) is 55.2 Å². The number of morpholine rings is 1. The molecule has 0 atom stereocenters. The third-order valence-corrected chi connectivity index (χ3v) is 8.67. The molecule has 1 amide bonds. The molecule has 3 fully saturated rings. The zero-order valence-corrected chi connectivity index (χ0v) is 21.1. The molecule has 0 unspecified atom stereocenters. The lowest BCUT2D eigenvalue weighted by molar-refractivity contribution is -0.126. The number of fused-ring (bicyclic) bond motifs is 1. The summed E-state index contributed by atoms with van der Waals surface area (Å²) in [6, 6.07) is 9.64. The predicted molar refractivity (Wildman–Crippen MR) is 136 cm³/mol. The zero-order chi connectivity index (χ0) is 25.6. The van der Waals surface area contributed by atoms with Crippen LogP contribution < -0.4 is 10.2 Å². The Balaban J connectivity index is 1.06. The Kier molecular flexibility index (Phi) is 6.22. The number of thiophene rings is 1. The van der Waals surface area contributed by atoms with E-state index in [2.05, 4.69) is 20.2 Å². The molecular formula is C26H28F3N5O2S. The van der Waals surface area contributed by atoms with Crippen molar-refractivity contribution in [1.29, 1.82) is 0 Å². The van der Waals surface area contributed by atoms with Gasteiger partial charge in [-0.1, -0.05) is 0 Å². The van der Waals surface area contributed by atoms with E-state index < -0.39 is 12.6 Å². The van der Waals surface area contributed by atoms with Crippen molar-refractivity contribution in [1.82, 2.24) is 14.9 Å². The van der Waals surface area contributed by atoms with Crippen molar-refractivity contribution >= 4 is 39.0 Å². The highest BCUT2D eigenvalue weighted by Crippen LogP contribution is 2.50. The van der Waals surface area contributed by atoms with E-state index in [4.69, 9.17) is 4.74 Å². The van der Waals surface area contributed by atoms with E-state index in [1.54, 1.807) is 6.07 Å². The Bertz CT molecular complexity index is 1280. The summed E-state index contributed by atoms with van der Waals surface area (Å²) in [6.45, 7) is 4.10. The highest BCUT2D eigenvalue weighted by molar-refractivity contribution is 7.18. The molecule has 2 aromatic heterocycles. The van der Waals surface area contributed by atoms with Gasteiger partial charge in [-0.05, 0) is 55.0 Å². The molecule has 4 heterocycles. The van der Waals surface area contributed by atoms with Crippen molar-refractivity contribution in [2.24, 2.45) is 5.41 Å². The van der Waals surface area contributed by atoms with Gasteiger partial charge in [0, 0.05) is 48.3 Å². The van der Waals surface area contributed by atoms with Crippen LogP contribution in [0.4, 0.5) is 24.7 Å². The Morgan fingerprint density at radius 1 is 1.14 bits per heavy atom. The van der Waals surface area contributed by atoms with Crippen molar-refractivity contribution in [3.05, 3.63) is 47.1 Å². The molecule has 1 spiro atoms. The molecule has 1 aliphatic carbocycles. The highest BCUT2D eigenvalue weighted by atomic mass is 32.1. The molecule has 2 aliphatic heterocycles. The second-order valence-electron chi connectivity index (χ2n) is 10.3. The summed E-state index contributed by atoms with van der Waals surface area (Å²) in [5.74, 6) is 0.780. The van der Waals surface area contributed by atoms with Gasteiger partial charge in [0.2, 0.25) is 0 Å². The molecular weight excluding hydrogens is 503 g/mol. The van der Waals surface area contributed by atoms with E-state index in [9.17, 15) is 18.0 Å². The maximum Gasteiger partial charge on any atom is 0.393 e. The molecule has 37 heavy (non-hydrogen) atoms. The maximum absolute atomic E-state index is 12.9. The second-order valence-corrected chi connectivity index (χ2v) is 11.4. The van der Waals surface area contributed by atoms with Crippen molar-refractivity contribution in [3.63, 3.8) is 0 Å². The second kappa shape index (κ2) is 9.43. The molecule has 1 N–H and O–H groups in total. The van der Waals surface area contributed by atoms with Crippen molar-refractivity contribution in [2.75, 3.05) is 49.6 Å². The molecule has 7 nitrogen and oxygen atoms in total. The van der Waals surface area contributed by atoms with Gasteiger partial charge in [0.1, 0.15) is 17.0 Å². The van der Waals surface area contributed by atoms with Gasteiger partial charge in [0.15, 0.2) is 0 Å². The lowest BCUT2D eigenvalue weighted by Crippen LogP contribution is -2.46. The maximum atomic E-state index is 12.9. The summed E-state index contributed by atoms with van der Waals surface area (Å²) < 4.78 is 44.0. The average molecular weight is 532 g/mol. The molecule has 2 saturated heterocycles. The van der Waals surface area contributed by atoms with Gasteiger partial charge in [-0.25, -0.2) is 9.97 Å². The number of rotatable bonds is 5. The fourth-order valence-electron chi connectivity index (χ4n) is 5.86. The number of carbonyl (C=O) groups is 1. The SMILES string of the molecule is O=C(c1ccc(NC2CC3(CCN(c4ncnc5sc(CC(F)(F)F)cc45)C3)C2)cc1)N1CCOCC1. The Morgan fingerprint density at radius 3 is 2.62 bits per heavy atom. The smallest absolute Gasteiger partial charge is 0.382 e. The summed E-state index contributed by atoms with van der Waals surface area (Å²) in [6.07, 6.45) is -0.644. The fourth-order valence-corrected chi connectivity index (χ4v) is 6.88. The van der Waals surface area contributed by atoms with Gasteiger partial charge in [0.05, 0.1) is 25.0 Å². The standard InChI is InChI=1S/C26H28F3N5O2S/c27-26(28,29)14-20-11-21-22(30-16-31-23(21)37-20)34-6-5-25(15-34)12-19(13-25)32-18-3-1-17(2-4-18)24(35)33-7-9-36-10-8-33/h1-4,11,16,19,32H,5-10,12-15H2.